The van der Waals surface area contributed by atoms with Gasteiger partial charge in [-0.15, -0.1) is 0 Å². The number of aromatic nitrogens is 1. The smallest absolute Gasteiger partial charge is 0.354 e. The number of halogens is 1. The molecule has 0 radical (unpaired) electrons. The third-order valence-electron chi connectivity index (χ3n) is 2.37. The summed E-state index contributed by atoms with van der Waals surface area (Å²) in [5, 5.41) is 8.73. The zero-order chi connectivity index (χ0) is 12.3. The summed E-state index contributed by atoms with van der Waals surface area (Å²) in [5.74, 6) is -1.000. The Bertz CT molecular complexity index is 520. The monoisotopic (exact) mass is 291 g/mol. The molecule has 0 aliphatic heterocycles. The lowest BCUT2D eigenvalue weighted by Crippen LogP contribution is -2.00. The summed E-state index contributed by atoms with van der Waals surface area (Å²) in [6.45, 7) is 0. The van der Waals surface area contributed by atoms with Gasteiger partial charge in [0.1, 0.15) is 5.69 Å². The maximum Gasteiger partial charge on any atom is 0.354 e. The number of hydrogen-bond acceptors (Lipinski definition) is 2. The average molecular weight is 292 g/mol. The molecule has 3 nitrogen and oxygen atoms in total. The highest BCUT2D eigenvalue weighted by Crippen LogP contribution is 2.13. The maximum absolute atomic E-state index is 10.6. The van der Waals surface area contributed by atoms with Gasteiger partial charge < -0.3 is 5.11 Å². The SMILES string of the molecule is O=C(O)c1ccc(Cc2ccc(Br)cc2)cn1. The van der Waals surface area contributed by atoms with Crippen LogP contribution in [0.1, 0.15) is 21.6 Å². The molecule has 2 aromatic rings. The van der Waals surface area contributed by atoms with Crippen molar-refractivity contribution in [1.82, 2.24) is 4.98 Å². The normalized spacial score (nSPS) is 10.2. The minimum absolute atomic E-state index is 0.0737. The molecule has 86 valence electrons. The van der Waals surface area contributed by atoms with E-state index in [-0.39, 0.29) is 5.69 Å². The van der Waals surface area contributed by atoms with Crippen LogP contribution >= 0.6 is 15.9 Å². The van der Waals surface area contributed by atoms with Gasteiger partial charge in [0, 0.05) is 10.7 Å². The molecule has 0 aliphatic carbocycles. The maximum atomic E-state index is 10.6. The lowest BCUT2D eigenvalue weighted by molar-refractivity contribution is 0.0690. The molecule has 0 amide bonds. The van der Waals surface area contributed by atoms with E-state index in [2.05, 4.69) is 20.9 Å². The largest absolute Gasteiger partial charge is 0.477 e. The summed E-state index contributed by atoms with van der Waals surface area (Å²) >= 11 is 3.38. The van der Waals surface area contributed by atoms with Crippen LogP contribution in [-0.4, -0.2) is 16.1 Å². The Balaban J connectivity index is 2.13. The summed E-state index contributed by atoms with van der Waals surface area (Å²) in [6, 6.07) is 11.3. The molecule has 1 N–H and O–H groups in total. The van der Waals surface area contributed by atoms with Gasteiger partial charge in [0.25, 0.3) is 0 Å². The van der Waals surface area contributed by atoms with Crippen LogP contribution in [0.4, 0.5) is 0 Å². The zero-order valence-electron chi connectivity index (χ0n) is 8.93. The Morgan fingerprint density at radius 3 is 2.29 bits per heavy atom. The highest BCUT2D eigenvalue weighted by molar-refractivity contribution is 9.10. The molecule has 1 aromatic heterocycles. The van der Waals surface area contributed by atoms with Gasteiger partial charge in [0.15, 0.2) is 0 Å². The molecule has 1 heterocycles. The fourth-order valence-electron chi connectivity index (χ4n) is 1.49. The van der Waals surface area contributed by atoms with Crippen molar-refractivity contribution < 1.29 is 9.90 Å². The molecule has 0 saturated heterocycles. The number of carboxylic acid groups (broad SMARTS) is 1. The molecule has 2 rings (SSSR count). The first-order chi connectivity index (χ1) is 8.15. The van der Waals surface area contributed by atoms with Gasteiger partial charge in [-0.25, -0.2) is 9.78 Å². The highest BCUT2D eigenvalue weighted by atomic mass is 79.9. The van der Waals surface area contributed by atoms with Crippen LogP contribution < -0.4 is 0 Å². The standard InChI is InChI=1S/C13H10BrNO2/c14-11-4-1-9(2-5-11)7-10-3-6-12(13(16)17)15-8-10/h1-6,8H,7H2,(H,16,17). The third kappa shape index (κ3) is 3.14. The van der Waals surface area contributed by atoms with Crippen molar-refractivity contribution in [2.24, 2.45) is 0 Å². The number of carboxylic acids is 1. The van der Waals surface area contributed by atoms with Gasteiger partial charge in [0.05, 0.1) is 0 Å². The highest BCUT2D eigenvalue weighted by Gasteiger charge is 2.03. The minimum atomic E-state index is -1.000. The van der Waals surface area contributed by atoms with Crippen LogP contribution in [0.15, 0.2) is 47.1 Å². The van der Waals surface area contributed by atoms with Crippen molar-refractivity contribution in [3.05, 3.63) is 63.9 Å². The quantitative estimate of drug-likeness (QED) is 0.945. The number of benzene rings is 1. The zero-order valence-corrected chi connectivity index (χ0v) is 10.5. The molecule has 0 atom stereocenters. The van der Waals surface area contributed by atoms with Gasteiger partial charge in [-0.1, -0.05) is 34.1 Å². The molecule has 0 bridgehead atoms. The van der Waals surface area contributed by atoms with Crippen molar-refractivity contribution in [3.63, 3.8) is 0 Å². The Morgan fingerprint density at radius 1 is 1.12 bits per heavy atom. The van der Waals surface area contributed by atoms with Crippen LogP contribution in [0.3, 0.4) is 0 Å². The first-order valence-electron chi connectivity index (χ1n) is 5.08. The van der Waals surface area contributed by atoms with E-state index in [0.29, 0.717) is 0 Å². The van der Waals surface area contributed by atoms with Gasteiger partial charge >= 0.3 is 5.97 Å². The molecular formula is C13H10BrNO2. The van der Waals surface area contributed by atoms with Crippen LogP contribution in [-0.2, 0) is 6.42 Å². The van der Waals surface area contributed by atoms with E-state index < -0.39 is 5.97 Å². The van der Waals surface area contributed by atoms with Gasteiger partial charge in [-0.3, -0.25) is 0 Å². The van der Waals surface area contributed by atoms with Gasteiger partial charge in [-0.2, -0.15) is 0 Å². The predicted molar refractivity (Wildman–Crippen MR) is 68.1 cm³/mol. The lowest BCUT2D eigenvalue weighted by Gasteiger charge is -2.02. The minimum Gasteiger partial charge on any atom is -0.477 e. The van der Waals surface area contributed by atoms with Crippen molar-refractivity contribution in [2.45, 2.75) is 6.42 Å². The van der Waals surface area contributed by atoms with E-state index in [9.17, 15) is 4.79 Å². The molecule has 0 spiro atoms. The fraction of sp³-hybridized carbons (Fsp3) is 0.0769. The van der Waals surface area contributed by atoms with E-state index in [1.807, 2.05) is 24.3 Å². The second kappa shape index (κ2) is 5.10. The number of nitrogens with zero attached hydrogens (tertiary/aromatic N) is 1. The van der Waals surface area contributed by atoms with Gasteiger partial charge in [-0.05, 0) is 35.7 Å². The number of aromatic carboxylic acids is 1. The topological polar surface area (TPSA) is 50.2 Å². The molecular weight excluding hydrogens is 282 g/mol. The molecule has 0 aliphatic rings. The van der Waals surface area contributed by atoms with E-state index >= 15 is 0 Å². The molecule has 17 heavy (non-hydrogen) atoms. The van der Waals surface area contributed by atoms with Crippen LogP contribution in [0.2, 0.25) is 0 Å². The second-order valence-corrected chi connectivity index (χ2v) is 4.58. The van der Waals surface area contributed by atoms with E-state index in [0.717, 1.165) is 22.0 Å². The average Bonchev–Trinajstić information content (AvgIpc) is 2.33. The first-order valence-corrected chi connectivity index (χ1v) is 5.87. The first kappa shape index (κ1) is 11.8. The Hall–Kier alpha value is -1.68. The van der Waals surface area contributed by atoms with Crippen LogP contribution in [0.25, 0.3) is 0 Å². The van der Waals surface area contributed by atoms with E-state index in [1.165, 1.54) is 6.07 Å². The van der Waals surface area contributed by atoms with Crippen molar-refractivity contribution in [1.29, 1.82) is 0 Å². The summed E-state index contributed by atoms with van der Waals surface area (Å²) in [6.07, 6.45) is 2.35. The third-order valence-corrected chi connectivity index (χ3v) is 2.89. The van der Waals surface area contributed by atoms with Crippen LogP contribution in [0.5, 0.6) is 0 Å². The van der Waals surface area contributed by atoms with Gasteiger partial charge in [0.2, 0.25) is 0 Å². The van der Waals surface area contributed by atoms with Crippen LogP contribution in [0, 0.1) is 0 Å². The molecule has 4 heteroatoms. The number of hydrogen-bond donors (Lipinski definition) is 1. The van der Waals surface area contributed by atoms with Crippen molar-refractivity contribution in [3.8, 4) is 0 Å². The van der Waals surface area contributed by atoms with Crippen molar-refractivity contribution >= 4 is 21.9 Å². The predicted octanol–water partition coefficient (Wildman–Crippen LogP) is 3.13. The summed E-state index contributed by atoms with van der Waals surface area (Å²) < 4.78 is 1.04. The lowest BCUT2D eigenvalue weighted by atomic mass is 10.1. The Morgan fingerprint density at radius 2 is 1.76 bits per heavy atom. The molecule has 0 fully saturated rings. The summed E-state index contributed by atoms with van der Waals surface area (Å²) in [4.78, 5) is 14.5. The number of pyridine rings is 1. The molecule has 0 unspecified atom stereocenters. The number of carbonyl (C=O) groups is 1. The van der Waals surface area contributed by atoms with E-state index in [4.69, 9.17) is 5.11 Å². The summed E-state index contributed by atoms with van der Waals surface area (Å²) in [7, 11) is 0. The van der Waals surface area contributed by atoms with Crippen molar-refractivity contribution in [2.75, 3.05) is 0 Å². The number of rotatable bonds is 3. The fourth-order valence-corrected chi connectivity index (χ4v) is 1.76. The summed E-state index contributed by atoms with van der Waals surface area (Å²) in [5.41, 5.74) is 2.24. The molecule has 1 aromatic carbocycles. The Labute approximate surface area is 107 Å². The van der Waals surface area contributed by atoms with E-state index in [1.54, 1.807) is 12.3 Å². The second-order valence-electron chi connectivity index (χ2n) is 3.66. The molecule has 0 saturated carbocycles. The Kier molecular flexibility index (Phi) is 3.54.